The fourth-order valence-electron chi connectivity index (χ4n) is 2.04. The molecule has 0 atom stereocenters. The molecule has 142 valence electrons. The predicted octanol–water partition coefficient (Wildman–Crippen LogP) is 5.19. The summed E-state index contributed by atoms with van der Waals surface area (Å²) in [5, 5.41) is 14.5. The van der Waals surface area contributed by atoms with Crippen LogP contribution in [0.4, 0.5) is 10.8 Å². The molecule has 2 N–H and O–H groups in total. The van der Waals surface area contributed by atoms with Gasteiger partial charge in [-0.2, -0.15) is 5.10 Å². The number of allylic oxidation sites excluding steroid dienone is 4. The van der Waals surface area contributed by atoms with E-state index in [1.165, 1.54) is 17.4 Å². The summed E-state index contributed by atoms with van der Waals surface area (Å²) in [6.45, 7) is 6.16. The third-order valence-corrected chi connectivity index (χ3v) is 3.68. The molecule has 2 amide bonds. The van der Waals surface area contributed by atoms with Crippen molar-refractivity contribution < 1.29 is 9.21 Å². The van der Waals surface area contributed by atoms with Crippen LogP contribution in [0.25, 0.3) is 11.5 Å². The Hall–Kier alpha value is -2.93. The second-order valence-electron chi connectivity index (χ2n) is 6.10. The summed E-state index contributed by atoms with van der Waals surface area (Å²) in [4.78, 5) is 11.8. The summed E-state index contributed by atoms with van der Waals surface area (Å²) in [6.07, 6.45) is 7.50. The van der Waals surface area contributed by atoms with E-state index in [0.717, 1.165) is 12.8 Å². The van der Waals surface area contributed by atoms with Crippen LogP contribution in [0.5, 0.6) is 0 Å². The largest absolute Gasteiger partial charge is 0.403 e. The third kappa shape index (κ3) is 7.45. The van der Waals surface area contributed by atoms with Gasteiger partial charge >= 0.3 is 12.0 Å². The highest BCUT2D eigenvalue weighted by molar-refractivity contribution is 6.30. The van der Waals surface area contributed by atoms with Crippen molar-refractivity contribution in [3.8, 4) is 11.5 Å². The van der Waals surface area contributed by atoms with Gasteiger partial charge in [-0.15, -0.1) is 5.10 Å². The molecule has 0 aliphatic rings. The first-order valence-electron chi connectivity index (χ1n) is 8.42. The molecule has 0 aliphatic carbocycles. The van der Waals surface area contributed by atoms with Crippen molar-refractivity contribution in [2.45, 2.75) is 33.6 Å². The number of halogens is 1. The molecule has 1 aromatic carbocycles. The lowest BCUT2D eigenvalue weighted by Gasteiger charge is -1.99. The topological polar surface area (TPSA) is 92.4 Å². The number of aromatic nitrogens is 2. The van der Waals surface area contributed by atoms with Crippen molar-refractivity contribution in [1.29, 1.82) is 0 Å². The smallest absolute Gasteiger partial charge is 0.343 e. The minimum Gasteiger partial charge on any atom is -0.403 e. The number of carbonyl (C=O) groups is 1. The van der Waals surface area contributed by atoms with Crippen molar-refractivity contribution in [2.24, 2.45) is 5.10 Å². The van der Waals surface area contributed by atoms with E-state index in [2.05, 4.69) is 46.0 Å². The Bertz CT molecular complexity index is 849. The van der Waals surface area contributed by atoms with Crippen LogP contribution in [-0.2, 0) is 0 Å². The molecular weight excluding hydrogens is 366 g/mol. The number of hydrogen-bond donors (Lipinski definition) is 2. The van der Waals surface area contributed by atoms with Gasteiger partial charge in [0.15, 0.2) is 0 Å². The molecular formula is C19H22ClN5O2. The van der Waals surface area contributed by atoms with Gasteiger partial charge in [0.05, 0.1) is 0 Å². The lowest BCUT2D eigenvalue weighted by Crippen LogP contribution is -2.24. The molecule has 2 aromatic rings. The average Bonchev–Trinajstić information content (AvgIpc) is 3.07. The molecule has 0 saturated carbocycles. The summed E-state index contributed by atoms with van der Waals surface area (Å²) >= 11 is 5.84. The van der Waals surface area contributed by atoms with E-state index in [0.29, 0.717) is 10.6 Å². The Morgan fingerprint density at radius 2 is 1.96 bits per heavy atom. The molecule has 0 spiro atoms. The molecule has 2 rings (SSSR count). The molecule has 1 aromatic heterocycles. The van der Waals surface area contributed by atoms with E-state index in [4.69, 9.17) is 16.0 Å². The van der Waals surface area contributed by atoms with Gasteiger partial charge in [0.25, 0.3) is 0 Å². The molecule has 0 fully saturated rings. The summed E-state index contributed by atoms with van der Waals surface area (Å²) in [6, 6.07) is 6.32. The Morgan fingerprint density at radius 1 is 1.22 bits per heavy atom. The van der Waals surface area contributed by atoms with Gasteiger partial charge in [-0.3, -0.25) is 5.32 Å². The number of hydrogen-bond acceptors (Lipinski definition) is 5. The Kier molecular flexibility index (Phi) is 7.76. The van der Waals surface area contributed by atoms with Crippen molar-refractivity contribution >= 4 is 29.9 Å². The maximum absolute atomic E-state index is 11.8. The number of benzene rings is 1. The lowest BCUT2D eigenvalue weighted by atomic mass is 10.1. The molecule has 7 nitrogen and oxygen atoms in total. The zero-order chi connectivity index (χ0) is 19.6. The van der Waals surface area contributed by atoms with Gasteiger partial charge < -0.3 is 4.42 Å². The first-order chi connectivity index (χ1) is 12.9. The van der Waals surface area contributed by atoms with E-state index in [1.54, 1.807) is 24.3 Å². The number of carbonyl (C=O) groups excluding carboxylic acids is 1. The van der Waals surface area contributed by atoms with E-state index in [1.807, 2.05) is 13.0 Å². The number of amides is 2. The van der Waals surface area contributed by atoms with Crippen molar-refractivity contribution in [1.82, 2.24) is 15.6 Å². The minimum absolute atomic E-state index is 0.0268. The van der Waals surface area contributed by atoms with Gasteiger partial charge in [-0.05, 0) is 64.0 Å². The Balaban J connectivity index is 1.80. The van der Waals surface area contributed by atoms with Gasteiger partial charge in [0.2, 0.25) is 5.89 Å². The number of nitrogens with one attached hydrogen (secondary N) is 2. The molecule has 27 heavy (non-hydrogen) atoms. The minimum atomic E-state index is -0.576. The second-order valence-corrected chi connectivity index (χ2v) is 6.53. The summed E-state index contributed by atoms with van der Waals surface area (Å²) < 4.78 is 5.38. The maximum atomic E-state index is 11.8. The molecule has 0 aliphatic heterocycles. The highest BCUT2D eigenvalue weighted by Gasteiger charge is 2.10. The number of rotatable bonds is 7. The number of hydrazone groups is 1. The van der Waals surface area contributed by atoms with Gasteiger partial charge in [0.1, 0.15) is 0 Å². The monoisotopic (exact) mass is 387 g/mol. The molecule has 0 unspecified atom stereocenters. The van der Waals surface area contributed by atoms with E-state index in [9.17, 15) is 4.79 Å². The van der Waals surface area contributed by atoms with Gasteiger partial charge in [0, 0.05) is 16.8 Å². The SMILES string of the molecule is CC(C)=CCC/C(C)=C\C=N/NC(=O)Nc1nnc(-c2ccc(Cl)cc2)o1. The lowest BCUT2D eigenvalue weighted by molar-refractivity contribution is 0.252. The zero-order valence-corrected chi connectivity index (χ0v) is 16.2. The quantitative estimate of drug-likeness (QED) is 0.388. The van der Waals surface area contributed by atoms with E-state index < -0.39 is 6.03 Å². The molecule has 8 heteroatoms. The van der Waals surface area contributed by atoms with Crippen LogP contribution in [-0.4, -0.2) is 22.4 Å². The first-order valence-corrected chi connectivity index (χ1v) is 8.80. The average molecular weight is 388 g/mol. The molecule has 0 saturated heterocycles. The summed E-state index contributed by atoms with van der Waals surface area (Å²) in [5.41, 5.74) is 5.51. The van der Waals surface area contributed by atoms with Gasteiger partial charge in [-0.25, -0.2) is 10.2 Å². The highest BCUT2D eigenvalue weighted by atomic mass is 35.5. The van der Waals surface area contributed by atoms with E-state index in [-0.39, 0.29) is 11.9 Å². The fraction of sp³-hybridized carbons (Fsp3) is 0.263. The van der Waals surface area contributed by atoms with Crippen molar-refractivity contribution in [3.05, 3.63) is 52.6 Å². The van der Waals surface area contributed by atoms with E-state index >= 15 is 0 Å². The third-order valence-electron chi connectivity index (χ3n) is 3.43. The van der Waals surface area contributed by atoms with Crippen LogP contribution in [0.15, 0.2) is 57.1 Å². The molecule has 0 radical (unpaired) electrons. The summed E-state index contributed by atoms with van der Waals surface area (Å²) in [7, 11) is 0. The number of anilines is 1. The Labute approximate surface area is 163 Å². The molecule has 0 bridgehead atoms. The number of nitrogens with zero attached hydrogens (tertiary/aromatic N) is 3. The summed E-state index contributed by atoms with van der Waals surface area (Å²) in [5.74, 6) is 0.278. The predicted molar refractivity (Wildman–Crippen MR) is 108 cm³/mol. The second kappa shape index (κ2) is 10.3. The fourth-order valence-corrected chi connectivity index (χ4v) is 2.17. The van der Waals surface area contributed by atoms with Crippen LogP contribution in [0.2, 0.25) is 5.02 Å². The van der Waals surface area contributed by atoms with Crippen LogP contribution in [0.3, 0.4) is 0 Å². The Morgan fingerprint density at radius 3 is 2.67 bits per heavy atom. The maximum Gasteiger partial charge on any atom is 0.343 e. The number of urea groups is 1. The first kappa shape index (κ1) is 20.4. The zero-order valence-electron chi connectivity index (χ0n) is 15.5. The van der Waals surface area contributed by atoms with Crippen molar-refractivity contribution in [3.63, 3.8) is 0 Å². The van der Waals surface area contributed by atoms with Crippen LogP contribution in [0, 0.1) is 0 Å². The molecule has 1 heterocycles. The normalized spacial score (nSPS) is 11.5. The van der Waals surface area contributed by atoms with Crippen LogP contribution in [0.1, 0.15) is 33.6 Å². The standard InChI is InChI=1S/C19H22ClN5O2/c1-13(2)5-4-6-14(3)11-12-21-24-18(26)22-19-25-23-17(27-19)15-7-9-16(20)10-8-15/h5,7-12H,4,6H2,1-3H3,(H2,22,24,25,26)/b14-11-,21-12-. The van der Waals surface area contributed by atoms with Crippen LogP contribution >= 0.6 is 11.6 Å². The highest BCUT2D eigenvalue weighted by Crippen LogP contribution is 2.21. The van der Waals surface area contributed by atoms with Crippen molar-refractivity contribution in [2.75, 3.05) is 5.32 Å². The van der Waals surface area contributed by atoms with Gasteiger partial charge in [-0.1, -0.05) is 33.9 Å². The van der Waals surface area contributed by atoms with Crippen LogP contribution < -0.4 is 10.7 Å².